The van der Waals surface area contributed by atoms with Gasteiger partial charge in [0.1, 0.15) is 10.6 Å². The molecule has 3 rings (SSSR count). The van der Waals surface area contributed by atoms with Crippen molar-refractivity contribution in [2.75, 3.05) is 19.6 Å². The first-order valence-corrected chi connectivity index (χ1v) is 10.4. The van der Waals surface area contributed by atoms with Crippen molar-refractivity contribution in [2.45, 2.75) is 38.0 Å². The molecule has 0 bridgehead atoms. The Morgan fingerprint density at radius 1 is 1.41 bits per heavy atom. The number of carbonyl (C=O) groups excluding carboxylic acids is 1. The maximum atomic E-state index is 12.9. The minimum Gasteiger partial charge on any atom is -0.360 e. The molecule has 146 valence electrons. The number of rotatable bonds is 6. The predicted molar refractivity (Wildman–Crippen MR) is 98.4 cm³/mol. The lowest BCUT2D eigenvalue weighted by atomic mass is 9.99. The van der Waals surface area contributed by atoms with Crippen molar-refractivity contribution < 1.29 is 17.7 Å². The van der Waals surface area contributed by atoms with Crippen LogP contribution in [0.2, 0.25) is 0 Å². The van der Waals surface area contributed by atoms with Gasteiger partial charge in [0.15, 0.2) is 5.76 Å². The third-order valence-electron chi connectivity index (χ3n) is 4.72. The van der Waals surface area contributed by atoms with Gasteiger partial charge in [-0.3, -0.25) is 9.78 Å². The van der Waals surface area contributed by atoms with Gasteiger partial charge >= 0.3 is 0 Å². The van der Waals surface area contributed by atoms with Gasteiger partial charge < -0.3 is 9.84 Å². The average Bonchev–Trinajstić information content (AvgIpc) is 3.00. The van der Waals surface area contributed by atoms with Gasteiger partial charge in [0.25, 0.3) is 0 Å². The quantitative estimate of drug-likeness (QED) is 0.798. The van der Waals surface area contributed by atoms with Gasteiger partial charge in [-0.15, -0.1) is 0 Å². The van der Waals surface area contributed by atoms with Crippen molar-refractivity contribution in [1.29, 1.82) is 0 Å². The highest BCUT2D eigenvalue weighted by Gasteiger charge is 2.34. The summed E-state index contributed by atoms with van der Waals surface area (Å²) < 4.78 is 32.4. The van der Waals surface area contributed by atoms with Gasteiger partial charge in [0.05, 0.1) is 6.42 Å². The first kappa shape index (κ1) is 19.5. The number of nitrogens with zero attached hydrogens (tertiary/aromatic N) is 3. The zero-order valence-electron chi connectivity index (χ0n) is 15.5. The minimum atomic E-state index is -3.64. The van der Waals surface area contributed by atoms with Crippen LogP contribution in [0.15, 0.2) is 33.9 Å². The Bertz CT molecular complexity index is 876. The molecule has 3 heterocycles. The Hall–Kier alpha value is -2.26. The second-order valence-electron chi connectivity index (χ2n) is 6.87. The highest BCUT2D eigenvalue weighted by molar-refractivity contribution is 7.89. The van der Waals surface area contributed by atoms with Crippen molar-refractivity contribution in [3.63, 3.8) is 0 Å². The fourth-order valence-electron chi connectivity index (χ4n) is 3.39. The summed E-state index contributed by atoms with van der Waals surface area (Å²) in [6.07, 6.45) is 5.23. The number of nitrogens with one attached hydrogen (secondary N) is 1. The van der Waals surface area contributed by atoms with Crippen LogP contribution in [-0.4, -0.2) is 48.4 Å². The molecule has 0 saturated carbocycles. The first-order chi connectivity index (χ1) is 12.9. The highest BCUT2D eigenvalue weighted by atomic mass is 32.2. The van der Waals surface area contributed by atoms with E-state index < -0.39 is 10.0 Å². The summed E-state index contributed by atoms with van der Waals surface area (Å²) in [7, 11) is -3.64. The van der Waals surface area contributed by atoms with Crippen molar-refractivity contribution in [2.24, 2.45) is 5.92 Å². The summed E-state index contributed by atoms with van der Waals surface area (Å²) in [5, 5.41) is 6.66. The van der Waals surface area contributed by atoms with Crippen molar-refractivity contribution in [1.82, 2.24) is 19.8 Å². The van der Waals surface area contributed by atoms with Crippen LogP contribution < -0.4 is 5.32 Å². The third-order valence-corrected chi connectivity index (χ3v) is 6.83. The Labute approximate surface area is 159 Å². The van der Waals surface area contributed by atoms with Crippen LogP contribution in [0.1, 0.15) is 29.9 Å². The van der Waals surface area contributed by atoms with E-state index in [0.29, 0.717) is 31.1 Å². The minimum absolute atomic E-state index is 0.0758. The molecule has 0 radical (unpaired) electrons. The van der Waals surface area contributed by atoms with E-state index in [1.165, 1.54) is 4.31 Å². The standard InChI is InChI=1S/C18H24N4O4S/c1-13-18(14(2)26-21-13)27(24,25)22-8-4-6-16(12-22)11-20-17(23)9-15-5-3-7-19-10-15/h3,5,7,10,16H,4,6,8-9,11-12H2,1-2H3,(H,20,23). The molecule has 1 unspecified atom stereocenters. The number of hydrogen-bond donors (Lipinski definition) is 1. The van der Waals surface area contributed by atoms with E-state index in [4.69, 9.17) is 4.52 Å². The lowest BCUT2D eigenvalue weighted by Crippen LogP contribution is -2.44. The van der Waals surface area contributed by atoms with Crippen LogP contribution in [0.4, 0.5) is 0 Å². The molecule has 0 aromatic carbocycles. The molecule has 1 fully saturated rings. The normalized spacial score (nSPS) is 18.4. The topological polar surface area (TPSA) is 105 Å². The van der Waals surface area contributed by atoms with Crippen molar-refractivity contribution >= 4 is 15.9 Å². The fraction of sp³-hybridized carbons (Fsp3) is 0.500. The number of piperidine rings is 1. The zero-order chi connectivity index (χ0) is 19.4. The van der Waals surface area contributed by atoms with Gasteiger partial charge in [-0.2, -0.15) is 4.31 Å². The van der Waals surface area contributed by atoms with Gasteiger partial charge in [-0.25, -0.2) is 8.42 Å². The number of hydrogen-bond acceptors (Lipinski definition) is 6. The van der Waals surface area contributed by atoms with Crippen LogP contribution in [0.3, 0.4) is 0 Å². The molecular weight excluding hydrogens is 368 g/mol. The van der Waals surface area contributed by atoms with Gasteiger partial charge in [-0.05, 0) is 44.2 Å². The molecule has 27 heavy (non-hydrogen) atoms. The summed E-state index contributed by atoms with van der Waals surface area (Å²) in [5.41, 5.74) is 1.22. The summed E-state index contributed by atoms with van der Waals surface area (Å²) >= 11 is 0. The highest BCUT2D eigenvalue weighted by Crippen LogP contribution is 2.27. The Morgan fingerprint density at radius 3 is 2.89 bits per heavy atom. The van der Waals surface area contributed by atoms with E-state index in [2.05, 4.69) is 15.5 Å². The lowest BCUT2D eigenvalue weighted by Gasteiger charge is -2.31. The first-order valence-electron chi connectivity index (χ1n) is 8.96. The Morgan fingerprint density at radius 2 is 2.22 bits per heavy atom. The summed E-state index contributed by atoms with van der Waals surface area (Å²) in [6.45, 7) is 4.52. The van der Waals surface area contributed by atoms with Gasteiger partial charge in [0, 0.05) is 32.0 Å². The fourth-order valence-corrected chi connectivity index (χ4v) is 5.24. The molecular formula is C18H24N4O4S. The Kier molecular flexibility index (Phi) is 5.91. The van der Waals surface area contributed by atoms with E-state index in [0.717, 1.165) is 18.4 Å². The lowest BCUT2D eigenvalue weighted by molar-refractivity contribution is -0.120. The number of amides is 1. The SMILES string of the molecule is Cc1noc(C)c1S(=O)(=O)N1CCCC(CNC(=O)Cc2cccnc2)C1. The smallest absolute Gasteiger partial charge is 0.248 e. The Balaban J connectivity index is 1.59. The van der Waals surface area contributed by atoms with E-state index in [9.17, 15) is 13.2 Å². The molecule has 1 aliphatic heterocycles. The average molecular weight is 392 g/mol. The predicted octanol–water partition coefficient (Wildman–Crippen LogP) is 1.45. The second kappa shape index (κ2) is 8.18. The van der Waals surface area contributed by atoms with E-state index in [1.807, 2.05) is 6.07 Å². The molecule has 1 saturated heterocycles. The third kappa shape index (κ3) is 4.54. The van der Waals surface area contributed by atoms with E-state index in [1.54, 1.807) is 32.3 Å². The molecule has 0 spiro atoms. The summed E-state index contributed by atoms with van der Waals surface area (Å²) in [6, 6.07) is 3.65. The number of carbonyl (C=O) groups is 1. The van der Waals surface area contributed by atoms with Crippen molar-refractivity contribution in [3.8, 4) is 0 Å². The monoisotopic (exact) mass is 392 g/mol. The molecule has 8 nitrogen and oxygen atoms in total. The molecule has 1 aliphatic rings. The van der Waals surface area contributed by atoms with E-state index >= 15 is 0 Å². The zero-order valence-corrected chi connectivity index (χ0v) is 16.3. The number of sulfonamides is 1. The molecule has 9 heteroatoms. The molecule has 2 aromatic rings. The summed E-state index contributed by atoms with van der Waals surface area (Å²) in [5.74, 6) is 0.292. The van der Waals surface area contributed by atoms with Gasteiger partial charge in [-0.1, -0.05) is 11.2 Å². The van der Waals surface area contributed by atoms with E-state index in [-0.39, 0.29) is 23.1 Å². The van der Waals surface area contributed by atoms with Crippen LogP contribution in [0.5, 0.6) is 0 Å². The molecule has 1 atom stereocenters. The van der Waals surface area contributed by atoms with Crippen molar-refractivity contribution in [3.05, 3.63) is 41.5 Å². The second-order valence-corrected chi connectivity index (χ2v) is 8.74. The maximum Gasteiger partial charge on any atom is 0.248 e. The largest absolute Gasteiger partial charge is 0.360 e. The summed E-state index contributed by atoms with van der Waals surface area (Å²) in [4.78, 5) is 16.3. The van der Waals surface area contributed by atoms with Crippen LogP contribution in [-0.2, 0) is 21.2 Å². The number of pyridine rings is 1. The van der Waals surface area contributed by atoms with Gasteiger partial charge in [0.2, 0.25) is 15.9 Å². The van der Waals surface area contributed by atoms with Crippen LogP contribution in [0, 0.1) is 19.8 Å². The molecule has 0 aliphatic carbocycles. The molecule has 2 aromatic heterocycles. The van der Waals surface area contributed by atoms with Crippen LogP contribution >= 0.6 is 0 Å². The number of aromatic nitrogens is 2. The van der Waals surface area contributed by atoms with Crippen LogP contribution in [0.25, 0.3) is 0 Å². The maximum absolute atomic E-state index is 12.9. The molecule has 1 N–H and O–H groups in total. The molecule has 1 amide bonds. The number of aryl methyl sites for hydroxylation is 2.